The van der Waals surface area contributed by atoms with Crippen molar-refractivity contribution in [3.63, 3.8) is 0 Å². The minimum absolute atomic E-state index is 0.00932. The van der Waals surface area contributed by atoms with Crippen LogP contribution in [0.25, 0.3) is 0 Å². The topological polar surface area (TPSA) is 122 Å². The predicted molar refractivity (Wildman–Crippen MR) is 172 cm³/mol. The molecule has 1 heterocycles. The fraction of sp³-hybridized carbons (Fsp3) is 0.394. The van der Waals surface area contributed by atoms with Crippen molar-refractivity contribution < 1.29 is 31.5 Å². The van der Waals surface area contributed by atoms with Gasteiger partial charge in [-0.1, -0.05) is 41.9 Å². The molecule has 0 aromatic heterocycles. The Morgan fingerprint density at radius 3 is 2.39 bits per heavy atom. The first-order chi connectivity index (χ1) is 21.9. The van der Waals surface area contributed by atoms with Gasteiger partial charge in [-0.15, -0.1) is 0 Å². The fourth-order valence-corrected chi connectivity index (χ4v) is 8.68. The van der Waals surface area contributed by atoms with Gasteiger partial charge in [0.2, 0.25) is 10.0 Å². The lowest BCUT2D eigenvalue weighted by Crippen LogP contribution is -2.59. The van der Waals surface area contributed by atoms with Crippen molar-refractivity contribution >= 4 is 39.3 Å². The molecule has 3 aromatic carbocycles. The molecule has 0 unspecified atom stereocenters. The lowest BCUT2D eigenvalue weighted by atomic mass is 9.84. The van der Waals surface area contributed by atoms with Gasteiger partial charge in [0, 0.05) is 41.7 Å². The Balaban J connectivity index is 1.50. The van der Waals surface area contributed by atoms with Crippen molar-refractivity contribution in [3.05, 3.63) is 100 Å². The highest BCUT2D eigenvalue weighted by atomic mass is 35.5. The zero-order valence-corrected chi connectivity index (χ0v) is 27.1. The van der Waals surface area contributed by atoms with Crippen LogP contribution in [0.15, 0.2) is 66.7 Å². The van der Waals surface area contributed by atoms with Gasteiger partial charge >= 0.3 is 6.09 Å². The molecule has 1 saturated carbocycles. The van der Waals surface area contributed by atoms with Crippen LogP contribution in [0.1, 0.15) is 48.8 Å². The molecular weight excluding hydrogens is 638 g/mol. The lowest BCUT2D eigenvalue weighted by Gasteiger charge is -2.40. The number of nitrogens with one attached hydrogen (secondary N) is 1. The maximum atomic E-state index is 15.6. The van der Waals surface area contributed by atoms with Crippen LogP contribution in [0.5, 0.6) is 0 Å². The summed E-state index contributed by atoms with van der Waals surface area (Å²) in [6.45, 7) is 2.70. The second-order valence-corrected chi connectivity index (χ2v) is 14.3. The number of ether oxygens (including phenoxy) is 1. The largest absolute Gasteiger partial charge is 0.452 e. The number of rotatable bonds is 10. The average molecular weight is 675 g/mol. The summed E-state index contributed by atoms with van der Waals surface area (Å²) in [6, 6.07) is 13.9. The van der Waals surface area contributed by atoms with Gasteiger partial charge in [-0.05, 0) is 80.1 Å². The molecule has 4 atom stereocenters. The summed E-state index contributed by atoms with van der Waals surface area (Å²) in [5.74, 6) is -3.09. The van der Waals surface area contributed by atoms with Gasteiger partial charge in [0.05, 0.1) is 24.1 Å². The smallest absolute Gasteiger partial charge is 0.420 e. The van der Waals surface area contributed by atoms with Crippen LogP contribution < -0.4 is 16.0 Å². The molecule has 1 aliphatic carbocycles. The Bertz CT molecular complexity index is 1660. The van der Waals surface area contributed by atoms with E-state index in [0.717, 1.165) is 7.11 Å². The minimum Gasteiger partial charge on any atom is -0.452 e. The van der Waals surface area contributed by atoms with Crippen LogP contribution in [0.2, 0.25) is 5.02 Å². The molecule has 9 nitrogen and oxygen atoms in total. The Kier molecular flexibility index (Phi) is 10.4. The average Bonchev–Trinajstić information content (AvgIpc) is 3.87. The highest BCUT2D eigenvalue weighted by Gasteiger charge is 2.46. The fourth-order valence-electron chi connectivity index (χ4n) is 6.24. The maximum Gasteiger partial charge on any atom is 0.420 e. The number of carbonyl (C=O) groups excluding carboxylic acids is 2. The molecule has 46 heavy (non-hydrogen) atoms. The van der Waals surface area contributed by atoms with Gasteiger partial charge in [0.25, 0.3) is 5.91 Å². The summed E-state index contributed by atoms with van der Waals surface area (Å²) in [5, 5.41) is 3.21. The number of piperazine rings is 1. The quantitative estimate of drug-likeness (QED) is 0.312. The number of hydrogen-bond donors (Lipinski definition) is 2. The summed E-state index contributed by atoms with van der Waals surface area (Å²) < 4.78 is 63.1. The number of anilines is 1. The van der Waals surface area contributed by atoms with Crippen LogP contribution >= 0.6 is 11.6 Å². The number of methoxy groups -OCH3 is 1. The van der Waals surface area contributed by atoms with Crippen molar-refractivity contribution in [3.8, 4) is 0 Å². The molecule has 13 heteroatoms. The van der Waals surface area contributed by atoms with Gasteiger partial charge in [-0.3, -0.25) is 4.79 Å². The van der Waals surface area contributed by atoms with Crippen molar-refractivity contribution in [2.45, 2.75) is 61.9 Å². The van der Waals surface area contributed by atoms with E-state index in [2.05, 4.69) is 5.32 Å². The van der Waals surface area contributed by atoms with Crippen molar-refractivity contribution in [2.75, 3.05) is 25.1 Å². The molecule has 0 spiro atoms. The van der Waals surface area contributed by atoms with Gasteiger partial charge in [-0.25, -0.2) is 26.9 Å². The molecule has 0 radical (unpaired) electrons. The molecule has 2 aliphatic rings. The monoisotopic (exact) mass is 674 g/mol. The van der Waals surface area contributed by atoms with E-state index >= 15 is 4.39 Å². The van der Waals surface area contributed by atoms with Crippen molar-refractivity contribution in [1.82, 2.24) is 9.62 Å². The van der Waals surface area contributed by atoms with Crippen LogP contribution in [-0.2, 0) is 26.0 Å². The third-order valence-corrected chi connectivity index (χ3v) is 11.3. The highest BCUT2D eigenvalue weighted by molar-refractivity contribution is 7.90. The number of imide groups is 1. The highest BCUT2D eigenvalue weighted by Crippen LogP contribution is 2.36. The van der Waals surface area contributed by atoms with Gasteiger partial charge < -0.3 is 15.8 Å². The van der Waals surface area contributed by atoms with E-state index in [9.17, 15) is 22.4 Å². The van der Waals surface area contributed by atoms with Crippen LogP contribution in [0.4, 0.5) is 19.3 Å². The minimum atomic E-state index is -3.53. The zero-order valence-electron chi connectivity index (χ0n) is 25.5. The maximum absolute atomic E-state index is 15.6. The number of sulfonamides is 1. The Labute approximate surface area is 272 Å². The summed E-state index contributed by atoms with van der Waals surface area (Å²) in [4.78, 5) is 28.2. The zero-order chi connectivity index (χ0) is 33.2. The molecule has 5 rings (SSSR count). The van der Waals surface area contributed by atoms with Crippen molar-refractivity contribution in [1.29, 1.82) is 0 Å². The predicted octanol–water partition coefficient (Wildman–Crippen LogP) is 4.96. The van der Waals surface area contributed by atoms with E-state index < -0.39 is 56.9 Å². The van der Waals surface area contributed by atoms with E-state index in [1.807, 2.05) is 6.92 Å². The third-order valence-electron chi connectivity index (χ3n) is 8.55. The number of benzene rings is 3. The van der Waals surface area contributed by atoms with E-state index in [0.29, 0.717) is 47.0 Å². The first kappa shape index (κ1) is 33.9. The molecular formula is C33H37ClF2N4O5S. The number of nitrogens with two attached hydrogens (primary N) is 1. The summed E-state index contributed by atoms with van der Waals surface area (Å²) in [7, 11) is -2.44. The first-order valence-corrected chi connectivity index (χ1v) is 17.0. The van der Waals surface area contributed by atoms with E-state index in [4.69, 9.17) is 22.1 Å². The van der Waals surface area contributed by atoms with E-state index in [-0.39, 0.29) is 30.1 Å². The molecule has 2 amide bonds. The van der Waals surface area contributed by atoms with Crippen LogP contribution in [0, 0.1) is 11.6 Å². The van der Waals surface area contributed by atoms with E-state index in [1.54, 1.807) is 30.3 Å². The number of hydrogen-bond acceptors (Lipinski definition) is 7. The number of carbonyl (C=O) groups is 2. The number of halogens is 3. The lowest BCUT2D eigenvalue weighted by molar-refractivity contribution is -0.119. The van der Waals surface area contributed by atoms with Gasteiger partial charge in [-0.2, -0.15) is 4.31 Å². The van der Waals surface area contributed by atoms with E-state index in [1.165, 1.54) is 40.7 Å². The molecule has 1 saturated heterocycles. The molecule has 0 bridgehead atoms. The molecule has 2 fully saturated rings. The molecule has 246 valence electrons. The first-order valence-electron chi connectivity index (χ1n) is 15.1. The second-order valence-electron chi connectivity index (χ2n) is 11.8. The van der Waals surface area contributed by atoms with Gasteiger partial charge in [0.1, 0.15) is 11.6 Å². The Hall–Kier alpha value is -3.42. The Morgan fingerprint density at radius 2 is 1.74 bits per heavy atom. The molecule has 1 aliphatic heterocycles. The summed E-state index contributed by atoms with van der Waals surface area (Å²) >= 11 is 6.26. The number of amides is 2. The number of nitrogens with zero attached hydrogens (tertiary/aromatic N) is 2. The summed E-state index contributed by atoms with van der Waals surface area (Å²) in [5.41, 5.74) is 7.42. The van der Waals surface area contributed by atoms with Gasteiger partial charge in [0.15, 0.2) is 0 Å². The standard InChI is InChI=1S/C33H37ClF2N4O5S/c1-20-18-38-19-25(40(20)46(43,44)26-13-14-26)12-15-27-28(36)10-5-11-29(27)39(33(42)45-2)32(41)31(37)30(21-6-3-8-23(34)16-21)22-7-4-9-24(35)17-22/h3-11,16-17,20,25-26,30-31,38H,12-15,18-19,37H2,1-2H3/t20-,25-,30-,31-/m0/s1. The molecule has 3 N–H and O–H groups in total. The van der Waals surface area contributed by atoms with Crippen LogP contribution in [-0.4, -0.2) is 68.3 Å². The Morgan fingerprint density at radius 1 is 1.07 bits per heavy atom. The second kappa shape index (κ2) is 14.1. The third kappa shape index (κ3) is 7.11. The SMILES string of the molecule is COC(=O)N(C(=O)[C@@H](N)[C@H](c1cccc(F)c1)c1cccc(Cl)c1)c1cccc(F)c1CC[C@H]1CNC[C@H](C)N1S(=O)(=O)C1CC1. The van der Waals surface area contributed by atoms with Crippen molar-refractivity contribution in [2.24, 2.45) is 5.73 Å². The summed E-state index contributed by atoms with van der Waals surface area (Å²) in [6.07, 6.45) is 0.370. The van der Waals surface area contributed by atoms with Crippen LogP contribution in [0.3, 0.4) is 0 Å². The normalized spacial score (nSPS) is 20.1. The molecule has 3 aromatic rings.